The quantitative estimate of drug-likeness (QED) is 0.760. The molecule has 8 heteroatoms. The molecule has 0 saturated carbocycles. The highest BCUT2D eigenvalue weighted by Gasteiger charge is 2.45. The third kappa shape index (κ3) is 3.34. The van der Waals surface area contributed by atoms with Crippen molar-refractivity contribution in [3.05, 3.63) is 34.8 Å². The zero-order valence-corrected chi connectivity index (χ0v) is 16.5. The van der Waals surface area contributed by atoms with Crippen molar-refractivity contribution in [1.29, 1.82) is 0 Å². The third-order valence-corrected chi connectivity index (χ3v) is 5.17. The van der Waals surface area contributed by atoms with Gasteiger partial charge in [0.25, 0.3) is 0 Å². The predicted molar refractivity (Wildman–Crippen MR) is 96.3 cm³/mol. The first kappa shape index (κ1) is 20.5. The van der Waals surface area contributed by atoms with E-state index in [9.17, 15) is 23.1 Å². The Kier molecular flexibility index (Phi) is 4.90. The van der Waals surface area contributed by atoms with Crippen LogP contribution in [0.2, 0.25) is 0 Å². The maximum Gasteiger partial charge on any atom is 0.410 e. The zero-order valence-electron chi connectivity index (χ0n) is 16.5. The molecule has 2 heterocycles. The molecule has 0 spiro atoms. The molecule has 5 nitrogen and oxygen atoms in total. The number of fused-ring (bicyclic) bond motifs is 1. The van der Waals surface area contributed by atoms with Gasteiger partial charge < -0.3 is 19.2 Å². The molecule has 1 aromatic heterocycles. The molecule has 0 bridgehead atoms. The number of carbonyl (C=O) groups excluding carboxylic acids is 1. The first-order valence-electron chi connectivity index (χ1n) is 9.12. The van der Waals surface area contributed by atoms with Gasteiger partial charge in [-0.3, -0.25) is 0 Å². The fourth-order valence-electron chi connectivity index (χ4n) is 3.65. The highest BCUT2D eigenvalue weighted by molar-refractivity contribution is 5.84. The molecule has 0 aliphatic carbocycles. The summed E-state index contributed by atoms with van der Waals surface area (Å²) < 4.78 is 52.3. The van der Waals surface area contributed by atoms with Crippen molar-refractivity contribution < 1.29 is 32.2 Å². The van der Waals surface area contributed by atoms with E-state index in [0.29, 0.717) is 0 Å². The second-order valence-electron chi connectivity index (χ2n) is 8.45. The lowest BCUT2D eigenvalue weighted by Gasteiger charge is -2.43. The number of amides is 1. The summed E-state index contributed by atoms with van der Waals surface area (Å²) >= 11 is 0. The van der Waals surface area contributed by atoms with Crippen LogP contribution in [-0.4, -0.2) is 34.8 Å². The van der Waals surface area contributed by atoms with Crippen molar-refractivity contribution in [3.8, 4) is 0 Å². The molecular weight excluding hydrogens is 375 g/mol. The molecule has 0 radical (unpaired) electrons. The van der Waals surface area contributed by atoms with E-state index in [1.165, 1.54) is 17.9 Å². The first-order valence-corrected chi connectivity index (χ1v) is 9.12. The van der Waals surface area contributed by atoms with E-state index in [4.69, 9.17) is 9.15 Å². The minimum Gasteiger partial charge on any atom is -0.444 e. The number of likely N-dealkylation sites (tertiary alicyclic amines) is 1. The van der Waals surface area contributed by atoms with E-state index in [2.05, 4.69) is 0 Å². The molecule has 2 aromatic rings. The maximum atomic E-state index is 14.3. The average Bonchev–Trinajstić information content (AvgIpc) is 2.87. The van der Waals surface area contributed by atoms with Crippen LogP contribution in [0.25, 0.3) is 11.0 Å². The lowest BCUT2D eigenvalue weighted by Crippen LogP contribution is -2.51. The van der Waals surface area contributed by atoms with Crippen LogP contribution < -0.4 is 0 Å². The van der Waals surface area contributed by atoms with Crippen molar-refractivity contribution in [1.82, 2.24) is 4.90 Å². The van der Waals surface area contributed by atoms with Gasteiger partial charge in [-0.2, -0.15) is 8.78 Å². The summed E-state index contributed by atoms with van der Waals surface area (Å²) in [6.45, 7) is 8.71. The van der Waals surface area contributed by atoms with Crippen molar-refractivity contribution >= 4 is 17.1 Å². The standard InChI is InChI=1S/C20H24F3NO4/c1-10-8-12(16-13(14(10)21)15(22)17(23)27-16)20(26)6-7-24(9-11(20)2)18(25)28-19(3,4)5/h8,11,26H,6-7,9H2,1-5H3. The molecular formula is C20H24F3NO4. The molecule has 2 atom stereocenters. The topological polar surface area (TPSA) is 62.9 Å². The lowest BCUT2D eigenvalue weighted by molar-refractivity contribution is -0.0729. The fourth-order valence-corrected chi connectivity index (χ4v) is 3.65. The summed E-state index contributed by atoms with van der Waals surface area (Å²) in [5, 5.41) is 10.7. The van der Waals surface area contributed by atoms with E-state index >= 15 is 0 Å². The average molecular weight is 399 g/mol. The maximum absolute atomic E-state index is 14.3. The monoisotopic (exact) mass is 399 g/mol. The van der Waals surface area contributed by atoms with Gasteiger partial charge in [0.15, 0.2) is 0 Å². The number of benzene rings is 1. The Morgan fingerprint density at radius 3 is 2.54 bits per heavy atom. The van der Waals surface area contributed by atoms with E-state index in [1.54, 1.807) is 27.7 Å². The third-order valence-electron chi connectivity index (χ3n) is 5.17. The minimum atomic E-state index is -1.55. The fraction of sp³-hybridized carbons (Fsp3) is 0.550. The molecule has 2 unspecified atom stereocenters. The predicted octanol–water partition coefficient (Wildman–Crippen LogP) is 4.62. The van der Waals surface area contributed by atoms with Gasteiger partial charge in [0.1, 0.15) is 17.0 Å². The number of rotatable bonds is 1. The number of hydrogen-bond acceptors (Lipinski definition) is 4. The second kappa shape index (κ2) is 6.69. The summed E-state index contributed by atoms with van der Waals surface area (Å²) in [7, 11) is 0. The molecule has 1 aliphatic heterocycles. The van der Waals surface area contributed by atoms with Crippen LogP contribution >= 0.6 is 0 Å². The van der Waals surface area contributed by atoms with Crippen LogP contribution in [0.5, 0.6) is 0 Å². The second-order valence-corrected chi connectivity index (χ2v) is 8.45. The molecule has 1 aromatic carbocycles. The van der Waals surface area contributed by atoms with Gasteiger partial charge >= 0.3 is 12.1 Å². The largest absolute Gasteiger partial charge is 0.444 e. The summed E-state index contributed by atoms with van der Waals surface area (Å²) in [6.07, 6.45) is -0.422. The Labute approximate surface area is 161 Å². The Bertz CT molecular complexity index is 934. The summed E-state index contributed by atoms with van der Waals surface area (Å²) in [6, 6.07) is -0.178. The van der Waals surface area contributed by atoms with Gasteiger partial charge in [0.05, 0.1) is 11.0 Å². The summed E-state index contributed by atoms with van der Waals surface area (Å²) in [5.74, 6) is -2.86. The van der Waals surface area contributed by atoms with Crippen molar-refractivity contribution in [2.75, 3.05) is 13.1 Å². The number of nitrogens with zero attached hydrogens (tertiary/aromatic N) is 1. The Morgan fingerprint density at radius 2 is 1.96 bits per heavy atom. The van der Waals surface area contributed by atoms with Crippen molar-refractivity contribution in [3.63, 3.8) is 0 Å². The number of carbonyl (C=O) groups is 1. The normalized spacial score (nSPS) is 23.3. The van der Waals surface area contributed by atoms with Crippen LogP contribution in [0.4, 0.5) is 18.0 Å². The van der Waals surface area contributed by atoms with Gasteiger partial charge in [0, 0.05) is 24.6 Å². The number of hydrogen-bond donors (Lipinski definition) is 1. The molecule has 1 fully saturated rings. The molecule has 154 valence electrons. The van der Waals surface area contributed by atoms with Gasteiger partial charge in [0.2, 0.25) is 5.82 Å². The van der Waals surface area contributed by atoms with Crippen LogP contribution in [0.1, 0.15) is 45.2 Å². The highest BCUT2D eigenvalue weighted by Crippen LogP contribution is 2.43. The Morgan fingerprint density at radius 1 is 1.32 bits per heavy atom. The lowest BCUT2D eigenvalue weighted by atomic mass is 9.76. The summed E-state index contributed by atoms with van der Waals surface area (Å²) in [4.78, 5) is 13.8. The van der Waals surface area contributed by atoms with Crippen LogP contribution in [0.15, 0.2) is 10.5 Å². The highest BCUT2D eigenvalue weighted by atomic mass is 19.2. The van der Waals surface area contributed by atoms with Gasteiger partial charge in [-0.15, -0.1) is 0 Å². The molecule has 1 saturated heterocycles. The van der Waals surface area contributed by atoms with Crippen LogP contribution in [-0.2, 0) is 10.3 Å². The van der Waals surface area contributed by atoms with Crippen LogP contribution in [0, 0.1) is 30.5 Å². The number of piperidine rings is 1. The number of ether oxygens (including phenoxy) is 1. The van der Waals surface area contributed by atoms with E-state index in [-0.39, 0.29) is 36.2 Å². The van der Waals surface area contributed by atoms with Gasteiger partial charge in [-0.25, -0.2) is 9.18 Å². The molecule has 1 amide bonds. The first-order chi connectivity index (χ1) is 12.8. The van der Waals surface area contributed by atoms with Gasteiger partial charge in [-0.05, 0) is 45.7 Å². The number of furan rings is 1. The smallest absolute Gasteiger partial charge is 0.410 e. The van der Waals surface area contributed by atoms with E-state index in [0.717, 1.165) is 0 Å². The zero-order chi connectivity index (χ0) is 21.0. The SMILES string of the molecule is Cc1cc(C2(O)CCN(C(=O)OC(C)(C)C)CC2C)c2oc(F)c(F)c2c1F. The molecule has 1 aliphatic rings. The van der Waals surface area contributed by atoms with Gasteiger partial charge in [-0.1, -0.05) is 6.92 Å². The van der Waals surface area contributed by atoms with E-state index < -0.39 is 46.2 Å². The molecule has 28 heavy (non-hydrogen) atoms. The number of aryl methyl sites for hydroxylation is 1. The van der Waals surface area contributed by atoms with Crippen molar-refractivity contribution in [2.45, 2.75) is 52.2 Å². The number of halogens is 3. The van der Waals surface area contributed by atoms with Crippen molar-refractivity contribution in [2.24, 2.45) is 5.92 Å². The Balaban J connectivity index is 1.98. The molecule has 3 rings (SSSR count). The number of aliphatic hydroxyl groups is 1. The Hall–Kier alpha value is -2.22. The molecule has 1 N–H and O–H groups in total. The van der Waals surface area contributed by atoms with Crippen LogP contribution in [0.3, 0.4) is 0 Å². The van der Waals surface area contributed by atoms with E-state index in [1.807, 2.05) is 0 Å². The minimum absolute atomic E-state index is 0.0670. The summed E-state index contributed by atoms with van der Waals surface area (Å²) in [5.41, 5.74) is -2.38.